The van der Waals surface area contributed by atoms with Crippen molar-refractivity contribution in [2.75, 3.05) is 6.54 Å². The molecule has 1 aromatic heterocycles. The van der Waals surface area contributed by atoms with Gasteiger partial charge in [0, 0.05) is 17.7 Å². The Morgan fingerprint density at radius 1 is 1.07 bits per heavy atom. The molecular formula is C20H16F3NO4. The SMILES string of the molecule is O=C(NC[C@H](O)c1ccc(-c2ccco2)cc1)c1ccc(OC(F)(F)F)cc1. The van der Waals surface area contributed by atoms with Gasteiger partial charge in [-0.25, -0.2) is 0 Å². The maximum atomic E-state index is 12.1. The van der Waals surface area contributed by atoms with Crippen molar-refractivity contribution < 1.29 is 32.2 Å². The van der Waals surface area contributed by atoms with Gasteiger partial charge < -0.3 is 19.6 Å². The standard InChI is InChI=1S/C20H16F3NO4/c21-20(22,23)28-16-9-7-15(8-10-16)19(26)24-12-17(25)13-3-5-14(6-4-13)18-2-1-11-27-18/h1-11,17,25H,12H2,(H,24,26)/t17-/m0/s1. The van der Waals surface area contributed by atoms with Crippen molar-refractivity contribution >= 4 is 5.91 Å². The zero-order valence-corrected chi connectivity index (χ0v) is 14.4. The summed E-state index contributed by atoms with van der Waals surface area (Å²) in [4.78, 5) is 12.1. The molecule has 0 saturated heterocycles. The van der Waals surface area contributed by atoms with Crippen LogP contribution in [0.2, 0.25) is 0 Å². The van der Waals surface area contributed by atoms with Crippen LogP contribution in [0.4, 0.5) is 13.2 Å². The third-order valence-corrected chi connectivity index (χ3v) is 3.91. The number of nitrogens with one attached hydrogen (secondary N) is 1. The molecule has 8 heteroatoms. The van der Waals surface area contributed by atoms with Crippen LogP contribution in [0.25, 0.3) is 11.3 Å². The van der Waals surface area contributed by atoms with Crippen molar-refractivity contribution in [2.24, 2.45) is 0 Å². The van der Waals surface area contributed by atoms with Crippen LogP contribution in [0.3, 0.4) is 0 Å². The number of halogens is 3. The van der Waals surface area contributed by atoms with Gasteiger partial charge in [-0.2, -0.15) is 0 Å². The van der Waals surface area contributed by atoms with Crippen LogP contribution in [0, 0.1) is 0 Å². The van der Waals surface area contributed by atoms with Crippen molar-refractivity contribution in [3.8, 4) is 17.1 Å². The fourth-order valence-corrected chi connectivity index (χ4v) is 2.53. The number of alkyl halides is 3. The predicted molar refractivity (Wildman–Crippen MR) is 94.6 cm³/mol. The molecule has 0 unspecified atom stereocenters. The van der Waals surface area contributed by atoms with Crippen LogP contribution < -0.4 is 10.1 Å². The molecule has 1 atom stereocenters. The molecule has 2 aromatic carbocycles. The van der Waals surface area contributed by atoms with Crippen LogP contribution in [0.1, 0.15) is 22.0 Å². The van der Waals surface area contributed by atoms with E-state index in [1.165, 1.54) is 12.1 Å². The largest absolute Gasteiger partial charge is 0.573 e. The van der Waals surface area contributed by atoms with Gasteiger partial charge in [0.05, 0.1) is 12.4 Å². The van der Waals surface area contributed by atoms with E-state index in [2.05, 4.69) is 10.1 Å². The Balaban J connectivity index is 1.55. The number of hydrogen-bond acceptors (Lipinski definition) is 4. The van der Waals surface area contributed by atoms with Gasteiger partial charge in [-0.1, -0.05) is 24.3 Å². The van der Waals surface area contributed by atoms with E-state index < -0.39 is 24.1 Å². The lowest BCUT2D eigenvalue weighted by Crippen LogP contribution is -2.28. The molecule has 0 aliphatic heterocycles. The minimum absolute atomic E-state index is 0.0558. The highest BCUT2D eigenvalue weighted by Crippen LogP contribution is 2.24. The van der Waals surface area contributed by atoms with Crippen LogP contribution in [0.15, 0.2) is 71.3 Å². The maximum Gasteiger partial charge on any atom is 0.573 e. The highest BCUT2D eigenvalue weighted by molar-refractivity contribution is 5.94. The van der Waals surface area contributed by atoms with Crippen molar-refractivity contribution in [2.45, 2.75) is 12.5 Å². The normalized spacial score (nSPS) is 12.4. The number of carbonyl (C=O) groups excluding carboxylic acids is 1. The number of ether oxygens (including phenoxy) is 1. The third-order valence-electron chi connectivity index (χ3n) is 3.91. The number of benzene rings is 2. The van der Waals surface area contributed by atoms with E-state index in [0.29, 0.717) is 11.3 Å². The molecule has 0 spiro atoms. The number of aliphatic hydroxyl groups is 1. The van der Waals surface area contributed by atoms with Crippen LogP contribution in [-0.4, -0.2) is 23.9 Å². The lowest BCUT2D eigenvalue weighted by Gasteiger charge is -2.13. The van der Waals surface area contributed by atoms with Gasteiger partial charge in [0.15, 0.2) is 0 Å². The summed E-state index contributed by atoms with van der Waals surface area (Å²) in [5.74, 6) is -0.238. The van der Waals surface area contributed by atoms with Crippen molar-refractivity contribution in [1.82, 2.24) is 5.32 Å². The predicted octanol–water partition coefficient (Wildman–Crippen LogP) is 4.31. The lowest BCUT2D eigenvalue weighted by atomic mass is 10.1. The second-order valence-corrected chi connectivity index (χ2v) is 5.90. The first-order chi connectivity index (χ1) is 13.3. The number of furan rings is 1. The van der Waals surface area contributed by atoms with Gasteiger partial charge in [-0.3, -0.25) is 4.79 Å². The molecule has 0 aliphatic carbocycles. The summed E-state index contributed by atoms with van der Waals surface area (Å²) in [6, 6.07) is 15.1. The summed E-state index contributed by atoms with van der Waals surface area (Å²) in [6.45, 7) is -0.0558. The average Bonchev–Trinajstić information content (AvgIpc) is 3.20. The quantitative estimate of drug-likeness (QED) is 0.657. The number of hydrogen-bond donors (Lipinski definition) is 2. The molecule has 2 N–H and O–H groups in total. The zero-order chi connectivity index (χ0) is 20.1. The summed E-state index contributed by atoms with van der Waals surface area (Å²) in [5.41, 5.74) is 1.60. The fraction of sp³-hybridized carbons (Fsp3) is 0.150. The molecule has 0 aliphatic rings. The molecule has 146 valence electrons. The first kappa shape index (κ1) is 19.5. The summed E-state index contributed by atoms with van der Waals surface area (Å²) >= 11 is 0. The number of amides is 1. The first-order valence-corrected chi connectivity index (χ1v) is 8.28. The van der Waals surface area contributed by atoms with Crippen LogP contribution >= 0.6 is 0 Å². The Morgan fingerprint density at radius 3 is 2.32 bits per heavy atom. The molecule has 1 heterocycles. The van der Waals surface area contributed by atoms with Gasteiger partial charge in [0.1, 0.15) is 11.5 Å². The molecule has 3 rings (SSSR count). The van der Waals surface area contributed by atoms with Crippen molar-refractivity contribution in [3.05, 3.63) is 78.1 Å². The Kier molecular flexibility index (Phi) is 5.70. The van der Waals surface area contributed by atoms with Gasteiger partial charge in [0.2, 0.25) is 0 Å². The first-order valence-electron chi connectivity index (χ1n) is 8.28. The summed E-state index contributed by atoms with van der Waals surface area (Å²) in [5, 5.41) is 12.8. The minimum atomic E-state index is -4.79. The van der Waals surface area contributed by atoms with E-state index in [1.54, 1.807) is 36.6 Å². The second-order valence-electron chi connectivity index (χ2n) is 5.90. The highest BCUT2D eigenvalue weighted by atomic mass is 19.4. The average molecular weight is 391 g/mol. The number of carbonyl (C=O) groups is 1. The summed E-state index contributed by atoms with van der Waals surface area (Å²) in [7, 11) is 0. The lowest BCUT2D eigenvalue weighted by molar-refractivity contribution is -0.274. The minimum Gasteiger partial charge on any atom is -0.464 e. The molecule has 3 aromatic rings. The molecule has 0 radical (unpaired) electrons. The molecule has 0 saturated carbocycles. The molecule has 0 bridgehead atoms. The Hall–Kier alpha value is -3.26. The van der Waals surface area contributed by atoms with Gasteiger partial charge in [-0.15, -0.1) is 13.2 Å². The van der Waals surface area contributed by atoms with E-state index in [4.69, 9.17) is 4.42 Å². The molecule has 0 fully saturated rings. The topological polar surface area (TPSA) is 71.7 Å². The van der Waals surface area contributed by atoms with Gasteiger partial charge in [0.25, 0.3) is 5.91 Å². The zero-order valence-electron chi connectivity index (χ0n) is 14.4. The van der Waals surface area contributed by atoms with Crippen LogP contribution in [-0.2, 0) is 0 Å². The third kappa shape index (κ3) is 5.14. The van der Waals surface area contributed by atoms with E-state index in [-0.39, 0.29) is 12.1 Å². The van der Waals surface area contributed by atoms with E-state index >= 15 is 0 Å². The Morgan fingerprint density at radius 2 is 1.75 bits per heavy atom. The van der Waals surface area contributed by atoms with Gasteiger partial charge in [-0.05, 0) is 42.0 Å². The summed E-state index contributed by atoms with van der Waals surface area (Å²) in [6.07, 6.45) is -4.17. The monoisotopic (exact) mass is 391 g/mol. The molecule has 5 nitrogen and oxygen atoms in total. The molecule has 28 heavy (non-hydrogen) atoms. The molecule has 1 amide bonds. The summed E-state index contributed by atoms with van der Waals surface area (Å²) < 4.78 is 45.5. The number of aliphatic hydroxyl groups excluding tert-OH is 1. The second kappa shape index (κ2) is 8.18. The number of rotatable bonds is 6. The van der Waals surface area contributed by atoms with E-state index in [0.717, 1.165) is 17.7 Å². The molecular weight excluding hydrogens is 375 g/mol. The smallest absolute Gasteiger partial charge is 0.464 e. The van der Waals surface area contributed by atoms with E-state index in [9.17, 15) is 23.1 Å². The van der Waals surface area contributed by atoms with E-state index in [1.807, 2.05) is 6.07 Å². The highest BCUT2D eigenvalue weighted by Gasteiger charge is 2.31. The van der Waals surface area contributed by atoms with Crippen molar-refractivity contribution in [1.29, 1.82) is 0 Å². The maximum absolute atomic E-state index is 12.1. The Labute approximate surface area is 158 Å². The van der Waals surface area contributed by atoms with Gasteiger partial charge >= 0.3 is 6.36 Å². The Bertz CT molecular complexity index is 904. The van der Waals surface area contributed by atoms with Crippen LogP contribution in [0.5, 0.6) is 5.75 Å². The fourth-order valence-electron chi connectivity index (χ4n) is 2.53. The van der Waals surface area contributed by atoms with Crippen molar-refractivity contribution in [3.63, 3.8) is 0 Å².